The van der Waals surface area contributed by atoms with Gasteiger partial charge in [0.2, 0.25) is 0 Å². The lowest BCUT2D eigenvalue weighted by Gasteiger charge is -2.14. The highest BCUT2D eigenvalue weighted by Crippen LogP contribution is 2.31. The van der Waals surface area contributed by atoms with E-state index in [2.05, 4.69) is 78.9 Å². The molecule has 0 aliphatic rings. The van der Waals surface area contributed by atoms with Crippen molar-refractivity contribution in [2.24, 2.45) is 0 Å². The van der Waals surface area contributed by atoms with Crippen LogP contribution < -0.4 is 4.74 Å². The summed E-state index contributed by atoms with van der Waals surface area (Å²) in [4.78, 5) is 12.4. The quantitative estimate of drug-likeness (QED) is 0.370. The van der Waals surface area contributed by atoms with Gasteiger partial charge < -0.3 is 9.64 Å². The van der Waals surface area contributed by atoms with E-state index in [1.54, 1.807) is 7.11 Å². The third-order valence-electron chi connectivity index (χ3n) is 5.69. The molecule has 0 N–H and O–H groups in total. The number of pyridine rings is 2. The molecule has 0 fully saturated rings. The molecule has 2 aromatic carbocycles. The van der Waals surface area contributed by atoms with Gasteiger partial charge in [0.25, 0.3) is 0 Å². The van der Waals surface area contributed by atoms with Gasteiger partial charge in [-0.15, -0.1) is 0 Å². The van der Waals surface area contributed by atoms with Gasteiger partial charge in [0.05, 0.1) is 24.2 Å². The van der Waals surface area contributed by atoms with E-state index in [1.165, 1.54) is 0 Å². The van der Waals surface area contributed by atoms with E-state index in [9.17, 15) is 0 Å². The van der Waals surface area contributed by atoms with E-state index in [0.717, 1.165) is 62.7 Å². The van der Waals surface area contributed by atoms with Gasteiger partial charge in [0, 0.05) is 23.1 Å². The number of aryl methyl sites for hydroxylation is 1. The van der Waals surface area contributed by atoms with E-state index >= 15 is 0 Å². The molecule has 5 heteroatoms. The fourth-order valence-corrected chi connectivity index (χ4v) is 4.21. The highest BCUT2D eigenvalue weighted by molar-refractivity contribution is 5.85. The molecule has 0 aliphatic heterocycles. The number of hydrogen-bond acceptors (Lipinski definition) is 4. The van der Waals surface area contributed by atoms with Crippen LogP contribution >= 0.6 is 0 Å². The SMILES string of the molecule is COc1cccc(-c2ccc3cc(C)c4nc(-c5ccccc5)c(CN(C)C)n4c3n2)c1. The van der Waals surface area contributed by atoms with Gasteiger partial charge in [-0.2, -0.15) is 0 Å². The number of rotatable bonds is 5. The minimum absolute atomic E-state index is 0.759. The number of ether oxygens (including phenoxy) is 1. The summed E-state index contributed by atoms with van der Waals surface area (Å²) in [7, 11) is 5.85. The molecule has 0 radical (unpaired) electrons. The molecule has 0 atom stereocenters. The fraction of sp³-hybridized carbons (Fsp3) is 0.185. The Balaban J connectivity index is 1.82. The van der Waals surface area contributed by atoms with Gasteiger partial charge in [-0.1, -0.05) is 42.5 Å². The molecule has 160 valence electrons. The third kappa shape index (κ3) is 3.51. The molecule has 3 heterocycles. The predicted octanol–water partition coefficient (Wildman–Crippen LogP) is 5.60. The number of aromatic nitrogens is 3. The molecule has 0 spiro atoms. The smallest absolute Gasteiger partial charge is 0.146 e. The number of nitrogens with zero attached hydrogens (tertiary/aromatic N) is 4. The van der Waals surface area contributed by atoms with E-state index in [1.807, 2.05) is 24.3 Å². The first kappa shape index (κ1) is 20.2. The average Bonchev–Trinajstić information content (AvgIpc) is 3.19. The van der Waals surface area contributed by atoms with Crippen molar-refractivity contribution in [1.29, 1.82) is 0 Å². The van der Waals surface area contributed by atoms with Crippen LogP contribution in [0.25, 0.3) is 39.2 Å². The minimum Gasteiger partial charge on any atom is -0.497 e. The molecule has 5 rings (SSSR count). The lowest BCUT2D eigenvalue weighted by molar-refractivity contribution is 0.396. The summed E-state index contributed by atoms with van der Waals surface area (Å²) >= 11 is 0. The van der Waals surface area contributed by atoms with Gasteiger partial charge in [-0.25, -0.2) is 9.97 Å². The van der Waals surface area contributed by atoms with Crippen LogP contribution in [0.5, 0.6) is 5.75 Å². The number of imidazole rings is 1. The maximum absolute atomic E-state index is 5.42. The lowest BCUT2D eigenvalue weighted by atomic mass is 10.1. The Morgan fingerprint density at radius 2 is 1.62 bits per heavy atom. The van der Waals surface area contributed by atoms with Crippen molar-refractivity contribution in [3.63, 3.8) is 0 Å². The number of hydrogen-bond donors (Lipinski definition) is 0. The summed E-state index contributed by atoms with van der Waals surface area (Å²) in [6.45, 7) is 2.88. The highest BCUT2D eigenvalue weighted by Gasteiger charge is 2.19. The Labute approximate surface area is 187 Å². The van der Waals surface area contributed by atoms with Crippen molar-refractivity contribution in [3.05, 3.63) is 84.1 Å². The van der Waals surface area contributed by atoms with Crippen LogP contribution in [0.3, 0.4) is 0 Å². The summed E-state index contributed by atoms with van der Waals surface area (Å²) in [5.74, 6) is 0.820. The topological polar surface area (TPSA) is 42.7 Å². The molecular formula is C27H26N4O. The van der Waals surface area contributed by atoms with Crippen molar-refractivity contribution < 1.29 is 4.74 Å². The standard InChI is InChI=1S/C27H26N4O/c1-18-15-21-13-14-23(20-11-8-12-22(16-20)32-4)28-27(21)31-24(17-30(2)3)25(29-26(18)31)19-9-6-5-7-10-19/h5-16H,17H2,1-4H3. The van der Waals surface area contributed by atoms with Crippen molar-refractivity contribution in [2.45, 2.75) is 13.5 Å². The molecule has 0 saturated carbocycles. The molecule has 0 bridgehead atoms. The minimum atomic E-state index is 0.759. The summed E-state index contributed by atoms with van der Waals surface area (Å²) in [5, 5.41) is 1.10. The van der Waals surface area contributed by atoms with Crippen LogP contribution in [0.15, 0.2) is 72.8 Å². The molecular weight excluding hydrogens is 396 g/mol. The second kappa shape index (κ2) is 8.09. The number of benzene rings is 2. The summed E-state index contributed by atoms with van der Waals surface area (Å²) in [6, 6.07) is 24.8. The van der Waals surface area contributed by atoms with E-state index in [-0.39, 0.29) is 0 Å². The van der Waals surface area contributed by atoms with Crippen molar-refractivity contribution in [1.82, 2.24) is 19.3 Å². The van der Waals surface area contributed by atoms with Crippen LogP contribution in [0.4, 0.5) is 0 Å². The van der Waals surface area contributed by atoms with Crippen molar-refractivity contribution in [2.75, 3.05) is 21.2 Å². The molecule has 32 heavy (non-hydrogen) atoms. The Morgan fingerprint density at radius 1 is 0.844 bits per heavy atom. The maximum atomic E-state index is 5.42. The number of fused-ring (bicyclic) bond motifs is 3. The van der Waals surface area contributed by atoms with Crippen LogP contribution in [0.1, 0.15) is 11.3 Å². The molecule has 0 aliphatic carbocycles. The number of methoxy groups -OCH3 is 1. The van der Waals surface area contributed by atoms with Crippen LogP contribution in [-0.2, 0) is 6.54 Å². The monoisotopic (exact) mass is 422 g/mol. The predicted molar refractivity (Wildman–Crippen MR) is 130 cm³/mol. The summed E-state index contributed by atoms with van der Waals surface area (Å²) in [5.41, 5.74) is 8.19. The van der Waals surface area contributed by atoms with Crippen molar-refractivity contribution in [3.8, 4) is 28.3 Å². The molecule has 5 nitrogen and oxygen atoms in total. The van der Waals surface area contributed by atoms with Crippen molar-refractivity contribution >= 4 is 16.7 Å². The zero-order valence-electron chi connectivity index (χ0n) is 18.8. The molecule has 0 amide bonds. The Kier molecular flexibility index (Phi) is 5.11. The second-order valence-corrected chi connectivity index (χ2v) is 8.34. The maximum Gasteiger partial charge on any atom is 0.146 e. The van der Waals surface area contributed by atoms with Gasteiger partial charge in [-0.3, -0.25) is 4.40 Å². The Morgan fingerprint density at radius 3 is 2.38 bits per heavy atom. The highest BCUT2D eigenvalue weighted by atomic mass is 16.5. The first-order valence-electron chi connectivity index (χ1n) is 10.7. The Bertz CT molecular complexity index is 1420. The first-order valence-corrected chi connectivity index (χ1v) is 10.7. The fourth-order valence-electron chi connectivity index (χ4n) is 4.21. The zero-order valence-corrected chi connectivity index (χ0v) is 18.8. The van der Waals surface area contributed by atoms with Gasteiger partial charge in [0.15, 0.2) is 0 Å². The zero-order chi connectivity index (χ0) is 22.2. The first-order chi connectivity index (χ1) is 15.5. The Hall–Kier alpha value is -3.70. The van der Waals surface area contributed by atoms with Crippen LogP contribution in [0, 0.1) is 6.92 Å². The summed E-state index contributed by atoms with van der Waals surface area (Å²) in [6.07, 6.45) is 0. The van der Waals surface area contributed by atoms with Crippen LogP contribution in [0.2, 0.25) is 0 Å². The molecule has 5 aromatic rings. The largest absolute Gasteiger partial charge is 0.497 e. The van der Waals surface area contributed by atoms with E-state index < -0.39 is 0 Å². The molecule has 0 unspecified atom stereocenters. The lowest BCUT2D eigenvalue weighted by Crippen LogP contribution is -2.14. The van der Waals surface area contributed by atoms with Gasteiger partial charge >= 0.3 is 0 Å². The molecule has 0 saturated heterocycles. The normalized spacial score (nSPS) is 11.5. The second-order valence-electron chi connectivity index (χ2n) is 8.34. The molecule has 3 aromatic heterocycles. The van der Waals surface area contributed by atoms with Gasteiger partial charge in [0.1, 0.15) is 17.0 Å². The summed E-state index contributed by atoms with van der Waals surface area (Å²) < 4.78 is 7.65. The van der Waals surface area contributed by atoms with E-state index in [0.29, 0.717) is 0 Å². The van der Waals surface area contributed by atoms with Gasteiger partial charge in [-0.05, 0) is 56.9 Å². The van der Waals surface area contributed by atoms with E-state index in [4.69, 9.17) is 14.7 Å². The average molecular weight is 423 g/mol. The van der Waals surface area contributed by atoms with Crippen LogP contribution in [-0.4, -0.2) is 40.5 Å². The third-order valence-corrected chi connectivity index (χ3v) is 5.69.